The molecule has 10 heteroatoms. The minimum atomic E-state index is -0.500. The fourth-order valence-electron chi connectivity index (χ4n) is 3.64. The normalized spacial score (nSPS) is 13.0. The Morgan fingerprint density at radius 3 is 2.70 bits per heavy atom. The van der Waals surface area contributed by atoms with Crippen molar-refractivity contribution in [2.24, 2.45) is 5.73 Å². The molecule has 6 nitrogen and oxygen atoms in total. The van der Waals surface area contributed by atoms with E-state index in [1.165, 1.54) is 23.5 Å². The van der Waals surface area contributed by atoms with E-state index in [9.17, 15) is 9.59 Å². The van der Waals surface area contributed by atoms with Crippen LogP contribution in [0.15, 0.2) is 40.8 Å². The highest BCUT2D eigenvalue weighted by Crippen LogP contribution is 2.38. The number of hydrogen-bond acceptors (Lipinski definition) is 5. The van der Waals surface area contributed by atoms with Gasteiger partial charge in [-0.3, -0.25) is 14.9 Å². The lowest BCUT2D eigenvalue weighted by molar-refractivity contribution is -0.115. The van der Waals surface area contributed by atoms with E-state index in [4.69, 9.17) is 45.6 Å². The average Bonchev–Trinajstić information content (AvgIpc) is 3.36. The van der Waals surface area contributed by atoms with Crippen LogP contribution in [0.5, 0.6) is 0 Å². The maximum Gasteiger partial charge on any atom is 0.251 e. The van der Waals surface area contributed by atoms with Gasteiger partial charge in [0.2, 0.25) is 5.91 Å². The predicted octanol–water partition coefficient (Wildman–Crippen LogP) is 5.82. The van der Waals surface area contributed by atoms with Gasteiger partial charge in [0.25, 0.3) is 5.91 Å². The van der Waals surface area contributed by atoms with Crippen LogP contribution in [-0.2, 0) is 17.6 Å². The number of thiophene rings is 1. The molecule has 0 unspecified atom stereocenters. The zero-order valence-electron chi connectivity index (χ0n) is 17.2. The second-order valence-corrected chi connectivity index (χ2v) is 9.74. The van der Waals surface area contributed by atoms with Gasteiger partial charge in [-0.05, 0) is 79.9 Å². The van der Waals surface area contributed by atoms with E-state index in [1.807, 2.05) is 0 Å². The summed E-state index contributed by atoms with van der Waals surface area (Å²) in [5.41, 5.74) is 7.74. The van der Waals surface area contributed by atoms with Crippen molar-refractivity contribution in [3.8, 4) is 11.3 Å². The molecule has 2 aromatic heterocycles. The van der Waals surface area contributed by atoms with E-state index in [0.717, 1.165) is 36.1 Å². The molecular formula is C23H19Cl2N3O3S2. The molecule has 1 aliphatic carbocycles. The summed E-state index contributed by atoms with van der Waals surface area (Å²) in [5, 5.41) is 7.17. The van der Waals surface area contributed by atoms with Crippen LogP contribution in [0.2, 0.25) is 10.0 Å². The number of furan rings is 1. The van der Waals surface area contributed by atoms with Gasteiger partial charge in [0.1, 0.15) is 16.5 Å². The number of thiocarbonyl (C=S) groups is 1. The van der Waals surface area contributed by atoms with Crippen molar-refractivity contribution in [1.29, 1.82) is 0 Å². The summed E-state index contributed by atoms with van der Waals surface area (Å²) in [5.74, 6) is 0.0683. The Bertz CT molecular complexity index is 1280. The zero-order valence-corrected chi connectivity index (χ0v) is 20.4. The van der Waals surface area contributed by atoms with E-state index < -0.39 is 11.8 Å². The minimum absolute atomic E-state index is 0.0822. The number of halogens is 2. The molecule has 170 valence electrons. The Morgan fingerprint density at radius 1 is 1.15 bits per heavy atom. The topological polar surface area (TPSA) is 97.4 Å². The highest BCUT2D eigenvalue weighted by molar-refractivity contribution is 7.80. The van der Waals surface area contributed by atoms with Crippen molar-refractivity contribution >= 4 is 74.8 Å². The Hall–Kier alpha value is -2.65. The molecule has 3 aromatic rings. The van der Waals surface area contributed by atoms with Gasteiger partial charge in [0.15, 0.2) is 5.11 Å². The van der Waals surface area contributed by atoms with Crippen molar-refractivity contribution in [3.63, 3.8) is 0 Å². The van der Waals surface area contributed by atoms with Crippen molar-refractivity contribution < 1.29 is 14.0 Å². The lowest BCUT2D eigenvalue weighted by Gasteiger charge is -2.11. The van der Waals surface area contributed by atoms with Gasteiger partial charge in [0, 0.05) is 21.5 Å². The summed E-state index contributed by atoms with van der Waals surface area (Å²) in [4.78, 5) is 25.4. The standard InChI is InChI=1S/C23H19Cl2N3O3S2/c24-12-5-8-14(16(25)11-12)17-9-6-13(31-17)7-10-19(29)27-23(32)28-22-20(21(26)30)15-3-1-2-4-18(15)33-22/h5-11H,1-4H2,(H2,26,30)(H2,27,28,29,32)/b10-7+. The first-order valence-electron chi connectivity index (χ1n) is 10.1. The number of benzene rings is 1. The van der Waals surface area contributed by atoms with E-state index in [-0.39, 0.29) is 5.11 Å². The second kappa shape index (κ2) is 10.1. The SMILES string of the molecule is NC(=O)c1c(NC(=S)NC(=O)/C=C/c2ccc(-c3ccc(Cl)cc3Cl)o2)sc2c1CCCC2. The molecule has 4 N–H and O–H groups in total. The van der Waals surface area contributed by atoms with E-state index in [1.54, 1.807) is 30.3 Å². The molecule has 2 amide bonds. The smallest absolute Gasteiger partial charge is 0.251 e. The van der Waals surface area contributed by atoms with Crippen LogP contribution < -0.4 is 16.4 Å². The molecule has 0 aliphatic heterocycles. The van der Waals surface area contributed by atoms with Crippen molar-refractivity contribution in [2.75, 3.05) is 5.32 Å². The van der Waals surface area contributed by atoms with Crippen LogP contribution in [-0.4, -0.2) is 16.9 Å². The van der Waals surface area contributed by atoms with E-state index in [0.29, 0.717) is 37.7 Å². The van der Waals surface area contributed by atoms with Crippen molar-refractivity contribution in [3.05, 3.63) is 68.2 Å². The fourth-order valence-corrected chi connectivity index (χ4v) is 5.70. The first-order valence-corrected chi connectivity index (χ1v) is 12.1. The summed E-state index contributed by atoms with van der Waals surface area (Å²) in [6, 6.07) is 8.58. The van der Waals surface area contributed by atoms with Crippen molar-refractivity contribution in [1.82, 2.24) is 5.32 Å². The van der Waals surface area contributed by atoms with Gasteiger partial charge in [-0.1, -0.05) is 23.2 Å². The fraction of sp³-hybridized carbons (Fsp3) is 0.174. The second-order valence-electron chi connectivity index (χ2n) is 7.38. The molecule has 0 saturated heterocycles. The van der Waals surface area contributed by atoms with Crippen LogP contribution in [0.1, 0.15) is 39.4 Å². The molecule has 0 fully saturated rings. The summed E-state index contributed by atoms with van der Waals surface area (Å²) in [6.45, 7) is 0. The monoisotopic (exact) mass is 519 g/mol. The third-order valence-electron chi connectivity index (χ3n) is 5.10. The minimum Gasteiger partial charge on any atom is -0.457 e. The van der Waals surface area contributed by atoms with Crippen LogP contribution in [0.3, 0.4) is 0 Å². The van der Waals surface area contributed by atoms with E-state index >= 15 is 0 Å². The Morgan fingerprint density at radius 2 is 1.94 bits per heavy atom. The Balaban J connectivity index is 1.40. The van der Waals surface area contributed by atoms with Crippen LogP contribution in [0.25, 0.3) is 17.4 Å². The number of rotatable bonds is 5. The van der Waals surface area contributed by atoms with Gasteiger partial charge >= 0.3 is 0 Å². The molecular weight excluding hydrogens is 501 g/mol. The first-order chi connectivity index (χ1) is 15.8. The summed E-state index contributed by atoms with van der Waals surface area (Å²) >= 11 is 18.8. The molecule has 0 atom stereocenters. The summed E-state index contributed by atoms with van der Waals surface area (Å²) < 4.78 is 5.74. The third-order valence-corrected chi connectivity index (χ3v) is 7.06. The highest BCUT2D eigenvalue weighted by Gasteiger charge is 2.24. The summed E-state index contributed by atoms with van der Waals surface area (Å²) in [7, 11) is 0. The Labute approximate surface area is 209 Å². The number of nitrogens with one attached hydrogen (secondary N) is 2. The molecule has 0 saturated carbocycles. The molecule has 0 bridgehead atoms. The van der Waals surface area contributed by atoms with Crippen LogP contribution in [0, 0.1) is 0 Å². The third kappa shape index (κ3) is 5.47. The number of fused-ring (bicyclic) bond motifs is 1. The zero-order chi connectivity index (χ0) is 23.5. The van der Waals surface area contributed by atoms with Crippen LogP contribution in [0.4, 0.5) is 5.00 Å². The number of hydrogen-bond donors (Lipinski definition) is 3. The molecule has 33 heavy (non-hydrogen) atoms. The molecule has 0 spiro atoms. The lowest BCUT2D eigenvalue weighted by Crippen LogP contribution is -2.33. The number of carbonyl (C=O) groups excluding carboxylic acids is 2. The molecule has 1 aromatic carbocycles. The maximum atomic E-state index is 12.3. The lowest BCUT2D eigenvalue weighted by atomic mass is 9.95. The number of carbonyl (C=O) groups is 2. The summed E-state index contributed by atoms with van der Waals surface area (Å²) in [6.07, 6.45) is 6.65. The molecule has 2 heterocycles. The maximum absolute atomic E-state index is 12.3. The van der Waals surface area contributed by atoms with E-state index in [2.05, 4.69) is 10.6 Å². The van der Waals surface area contributed by atoms with Gasteiger partial charge in [-0.25, -0.2) is 0 Å². The number of anilines is 1. The first kappa shape index (κ1) is 23.5. The number of aryl methyl sites for hydroxylation is 1. The average molecular weight is 520 g/mol. The molecule has 0 radical (unpaired) electrons. The Kier molecular flexibility index (Phi) is 7.19. The highest BCUT2D eigenvalue weighted by atomic mass is 35.5. The van der Waals surface area contributed by atoms with Gasteiger partial charge in [-0.15, -0.1) is 11.3 Å². The predicted molar refractivity (Wildman–Crippen MR) is 137 cm³/mol. The van der Waals surface area contributed by atoms with Crippen molar-refractivity contribution in [2.45, 2.75) is 25.7 Å². The largest absolute Gasteiger partial charge is 0.457 e. The number of primary amides is 1. The van der Waals surface area contributed by atoms with Gasteiger partial charge in [0.05, 0.1) is 10.6 Å². The molecule has 4 rings (SSSR count). The number of amides is 2. The number of nitrogens with two attached hydrogens (primary N) is 1. The van der Waals surface area contributed by atoms with Gasteiger partial charge < -0.3 is 15.5 Å². The van der Waals surface area contributed by atoms with Crippen LogP contribution >= 0.6 is 46.8 Å². The molecule has 1 aliphatic rings. The quantitative estimate of drug-likeness (QED) is 0.291. The van der Waals surface area contributed by atoms with Gasteiger partial charge in [-0.2, -0.15) is 0 Å².